The van der Waals surface area contributed by atoms with Crippen molar-refractivity contribution in [2.24, 2.45) is 11.8 Å². The number of carbonyl (C=O) groups is 2. The van der Waals surface area contributed by atoms with Crippen molar-refractivity contribution in [3.8, 4) is 11.5 Å². The lowest BCUT2D eigenvalue weighted by atomic mass is 9.74. The summed E-state index contributed by atoms with van der Waals surface area (Å²) in [7, 11) is 3.32. The summed E-state index contributed by atoms with van der Waals surface area (Å²) in [5, 5.41) is 11.2. The first kappa shape index (κ1) is 30.5. The first-order chi connectivity index (χ1) is 19.8. The van der Waals surface area contributed by atoms with Gasteiger partial charge in [-0.15, -0.1) is 0 Å². The van der Waals surface area contributed by atoms with Gasteiger partial charge in [-0.25, -0.2) is 0 Å². The fourth-order valence-corrected chi connectivity index (χ4v) is 6.04. The van der Waals surface area contributed by atoms with Crippen LogP contribution in [-0.4, -0.2) is 72.3 Å². The minimum atomic E-state index is -5.19. The molecular weight excluding hydrogens is 573 g/mol. The molecule has 3 fully saturated rings. The van der Waals surface area contributed by atoms with E-state index in [-0.39, 0.29) is 42.9 Å². The number of rotatable bonds is 9. The molecule has 1 aliphatic heterocycles. The molecule has 0 spiro atoms. The molecule has 228 valence electrons. The second-order valence-electron chi connectivity index (χ2n) is 11.9. The Kier molecular flexibility index (Phi) is 8.67. The maximum Gasteiger partial charge on any atom is 0.430 e. The van der Waals surface area contributed by atoms with Gasteiger partial charge < -0.3 is 24.4 Å². The SMILES string of the molecule is CN(C)C(=O)c1ccc(OC2CC(CC3CCN(C(=O)C(O)(c4cccc(OC5CC5)c4)C(F)(F)F)CC3)C2)cc1Cl. The van der Waals surface area contributed by atoms with Crippen LogP contribution >= 0.6 is 11.6 Å². The number of hydrogen-bond acceptors (Lipinski definition) is 5. The summed E-state index contributed by atoms with van der Waals surface area (Å²) in [4.78, 5) is 28.0. The van der Waals surface area contributed by atoms with E-state index in [1.54, 1.807) is 32.3 Å². The van der Waals surface area contributed by atoms with E-state index in [9.17, 15) is 27.9 Å². The summed E-state index contributed by atoms with van der Waals surface area (Å²) in [5.41, 5.74) is -3.75. The number of nitrogens with zero attached hydrogens (tertiary/aromatic N) is 2. The molecule has 2 saturated carbocycles. The van der Waals surface area contributed by atoms with Crippen molar-refractivity contribution >= 4 is 23.4 Å². The molecule has 2 aromatic carbocycles. The fourth-order valence-electron chi connectivity index (χ4n) is 5.79. The maximum atomic E-state index is 14.2. The Labute approximate surface area is 248 Å². The highest BCUT2D eigenvalue weighted by molar-refractivity contribution is 6.34. The Bertz CT molecular complexity index is 1300. The zero-order chi connectivity index (χ0) is 30.2. The van der Waals surface area contributed by atoms with Gasteiger partial charge in [0.1, 0.15) is 11.5 Å². The van der Waals surface area contributed by atoms with E-state index in [4.69, 9.17) is 21.1 Å². The second-order valence-corrected chi connectivity index (χ2v) is 12.4. The smallest absolute Gasteiger partial charge is 0.430 e. The van der Waals surface area contributed by atoms with Gasteiger partial charge in [-0.3, -0.25) is 9.59 Å². The number of amides is 2. The summed E-state index contributed by atoms with van der Waals surface area (Å²) in [6.45, 7) is 0.312. The quantitative estimate of drug-likeness (QED) is 0.388. The van der Waals surface area contributed by atoms with Crippen LogP contribution in [0.2, 0.25) is 5.02 Å². The van der Waals surface area contributed by atoms with Gasteiger partial charge in [-0.05, 0) is 87.1 Å². The van der Waals surface area contributed by atoms with Gasteiger partial charge in [-0.2, -0.15) is 13.2 Å². The third-order valence-electron chi connectivity index (χ3n) is 8.44. The van der Waals surface area contributed by atoms with Crippen LogP contribution in [0, 0.1) is 11.8 Å². The second kappa shape index (κ2) is 12.0. The minimum absolute atomic E-state index is 0.0310. The van der Waals surface area contributed by atoms with Gasteiger partial charge in [-0.1, -0.05) is 23.7 Å². The predicted octanol–water partition coefficient (Wildman–Crippen LogP) is 5.82. The van der Waals surface area contributed by atoms with Crippen molar-refractivity contribution in [3.05, 3.63) is 58.6 Å². The Hall–Kier alpha value is -2.98. The van der Waals surface area contributed by atoms with Gasteiger partial charge in [0.05, 0.1) is 22.8 Å². The molecular formula is C31H36ClF3N2O5. The molecule has 3 aliphatic rings. The van der Waals surface area contributed by atoms with E-state index >= 15 is 0 Å². The number of likely N-dealkylation sites (tertiary alicyclic amines) is 1. The lowest BCUT2D eigenvalue weighted by molar-refractivity contribution is -0.262. The van der Waals surface area contributed by atoms with Crippen LogP contribution in [0.15, 0.2) is 42.5 Å². The molecule has 1 atom stereocenters. The summed E-state index contributed by atoms with van der Waals surface area (Å²) < 4.78 is 54.3. The normalized spacial score (nSPS) is 22.6. The highest BCUT2D eigenvalue weighted by atomic mass is 35.5. The number of aliphatic hydroxyl groups is 1. The summed E-state index contributed by atoms with van der Waals surface area (Å²) in [5.74, 6) is -0.00243. The van der Waals surface area contributed by atoms with Crippen LogP contribution in [0.3, 0.4) is 0 Å². The standard InChI is InChI=1S/C31H36ClF3N2O5/c1-36(2)28(38)26-9-8-24(18-27(26)32)42-25-15-20(16-25)14-19-10-12-37(13-11-19)29(39)30(40,31(33,34)35)21-4-3-5-23(17-21)41-22-6-7-22/h3-5,8-9,17-20,22,25,40H,6-7,10-16H2,1-2H3. The van der Waals surface area contributed by atoms with Crippen molar-refractivity contribution < 1.29 is 37.3 Å². The number of alkyl halides is 3. The first-order valence-electron chi connectivity index (χ1n) is 14.4. The van der Waals surface area contributed by atoms with E-state index in [0.717, 1.165) is 49.1 Å². The van der Waals surface area contributed by atoms with Crippen molar-refractivity contribution in [1.29, 1.82) is 0 Å². The maximum absolute atomic E-state index is 14.2. The summed E-state index contributed by atoms with van der Waals surface area (Å²) in [6.07, 6.45) is 0.229. The summed E-state index contributed by atoms with van der Waals surface area (Å²) >= 11 is 6.28. The molecule has 11 heteroatoms. The molecule has 0 aromatic heterocycles. The monoisotopic (exact) mass is 608 g/mol. The van der Waals surface area contributed by atoms with Crippen LogP contribution in [0.4, 0.5) is 13.2 Å². The van der Waals surface area contributed by atoms with Gasteiger partial charge in [0.25, 0.3) is 17.4 Å². The molecule has 2 amide bonds. The van der Waals surface area contributed by atoms with Crippen LogP contribution in [0.1, 0.15) is 60.9 Å². The first-order valence-corrected chi connectivity index (χ1v) is 14.8. The van der Waals surface area contributed by atoms with Crippen LogP contribution in [0.25, 0.3) is 0 Å². The number of benzene rings is 2. The number of carbonyl (C=O) groups excluding carboxylic acids is 2. The van der Waals surface area contributed by atoms with Gasteiger partial charge >= 0.3 is 6.18 Å². The summed E-state index contributed by atoms with van der Waals surface area (Å²) in [6, 6.07) is 10.2. The molecule has 1 saturated heterocycles. The lowest BCUT2D eigenvalue weighted by Gasteiger charge is -2.41. The van der Waals surface area contributed by atoms with E-state index in [1.165, 1.54) is 17.0 Å². The fraction of sp³-hybridized carbons (Fsp3) is 0.548. The number of halogens is 4. The molecule has 2 aliphatic carbocycles. The van der Waals surface area contributed by atoms with E-state index in [2.05, 4.69) is 0 Å². The van der Waals surface area contributed by atoms with Gasteiger partial charge in [0, 0.05) is 32.7 Å². The Morgan fingerprint density at radius 3 is 2.19 bits per heavy atom. The third-order valence-corrected chi connectivity index (χ3v) is 8.75. The zero-order valence-electron chi connectivity index (χ0n) is 23.7. The highest BCUT2D eigenvalue weighted by Crippen LogP contribution is 2.43. The topological polar surface area (TPSA) is 79.3 Å². The van der Waals surface area contributed by atoms with Crippen molar-refractivity contribution in [1.82, 2.24) is 9.80 Å². The molecule has 1 heterocycles. The van der Waals surface area contributed by atoms with Crippen LogP contribution in [0.5, 0.6) is 11.5 Å². The third kappa shape index (κ3) is 6.49. The Morgan fingerprint density at radius 1 is 0.952 bits per heavy atom. The highest BCUT2D eigenvalue weighted by Gasteiger charge is 2.62. The zero-order valence-corrected chi connectivity index (χ0v) is 24.5. The van der Waals surface area contributed by atoms with E-state index in [0.29, 0.717) is 35.1 Å². The predicted molar refractivity (Wildman–Crippen MR) is 151 cm³/mol. The Balaban J connectivity index is 1.12. The molecule has 1 unspecified atom stereocenters. The van der Waals surface area contributed by atoms with Crippen LogP contribution < -0.4 is 9.47 Å². The van der Waals surface area contributed by atoms with Gasteiger partial charge in [0.2, 0.25) is 0 Å². The van der Waals surface area contributed by atoms with E-state index in [1.807, 2.05) is 0 Å². The largest absolute Gasteiger partial charge is 0.490 e. The van der Waals surface area contributed by atoms with Gasteiger partial charge in [0.15, 0.2) is 0 Å². The number of piperidine rings is 1. The molecule has 0 radical (unpaired) electrons. The van der Waals surface area contributed by atoms with Crippen molar-refractivity contribution in [2.45, 2.75) is 68.9 Å². The average Bonchev–Trinajstić information content (AvgIpc) is 3.74. The molecule has 42 heavy (non-hydrogen) atoms. The number of ether oxygens (including phenoxy) is 2. The van der Waals surface area contributed by atoms with E-state index < -0.39 is 23.2 Å². The minimum Gasteiger partial charge on any atom is -0.490 e. The molecule has 7 nitrogen and oxygen atoms in total. The lowest BCUT2D eigenvalue weighted by Crippen LogP contribution is -2.57. The van der Waals surface area contributed by atoms with Crippen molar-refractivity contribution in [2.75, 3.05) is 27.2 Å². The molecule has 0 bridgehead atoms. The Morgan fingerprint density at radius 2 is 1.60 bits per heavy atom. The molecule has 1 N–H and O–H groups in total. The van der Waals surface area contributed by atoms with Crippen LogP contribution in [-0.2, 0) is 10.4 Å². The molecule has 2 aromatic rings. The van der Waals surface area contributed by atoms with Crippen molar-refractivity contribution in [3.63, 3.8) is 0 Å². The molecule has 5 rings (SSSR count). The number of hydrogen-bond donors (Lipinski definition) is 1. The average molecular weight is 609 g/mol.